The monoisotopic (exact) mass is 502 g/mol. The van der Waals surface area contributed by atoms with Crippen LogP contribution in [0.5, 0.6) is 0 Å². The molecule has 1 amide bonds. The number of carbonyl (C=O) groups excluding carboxylic acids is 1. The van der Waals surface area contributed by atoms with E-state index in [-0.39, 0.29) is 20.4 Å². The van der Waals surface area contributed by atoms with E-state index < -0.39 is 25.9 Å². The van der Waals surface area contributed by atoms with E-state index in [2.05, 4.69) is 4.98 Å². The number of pyridine rings is 1. The van der Waals surface area contributed by atoms with E-state index in [4.69, 9.17) is 33.5 Å². The average molecular weight is 503 g/mol. The number of halogens is 2. The van der Waals surface area contributed by atoms with Gasteiger partial charge in [-0.2, -0.15) is 8.42 Å². The molecule has 12 heteroatoms. The van der Waals surface area contributed by atoms with Gasteiger partial charge in [-0.3, -0.25) is 14.3 Å². The van der Waals surface area contributed by atoms with Crippen LogP contribution in [0, 0.1) is 0 Å². The highest BCUT2D eigenvalue weighted by Crippen LogP contribution is 2.26. The van der Waals surface area contributed by atoms with Crippen LogP contribution in [0.2, 0.25) is 10.0 Å². The van der Waals surface area contributed by atoms with Gasteiger partial charge in [0.15, 0.2) is 9.84 Å². The number of hydrogen-bond acceptors (Lipinski definition) is 6. The van der Waals surface area contributed by atoms with E-state index in [0.29, 0.717) is 16.3 Å². The highest BCUT2D eigenvalue weighted by atomic mass is 35.5. The molecule has 31 heavy (non-hydrogen) atoms. The molecule has 0 spiro atoms. The van der Waals surface area contributed by atoms with Crippen molar-refractivity contribution in [2.24, 2.45) is 5.73 Å². The topological polar surface area (TPSA) is 144 Å². The maximum Gasteiger partial charge on any atom is 0.296 e. The van der Waals surface area contributed by atoms with Crippen molar-refractivity contribution in [3.63, 3.8) is 0 Å². The van der Waals surface area contributed by atoms with E-state index >= 15 is 0 Å². The number of sulfone groups is 1. The number of primary amides is 1. The Kier molecular flexibility index (Phi) is 7.79. The quantitative estimate of drug-likeness (QED) is 0.519. The molecule has 0 saturated carbocycles. The van der Waals surface area contributed by atoms with Crippen molar-refractivity contribution in [2.45, 2.75) is 9.79 Å². The Hall–Kier alpha value is -2.50. The van der Waals surface area contributed by atoms with Crippen LogP contribution in [-0.4, -0.2) is 38.5 Å². The van der Waals surface area contributed by atoms with E-state index in [0.717, 1.165) is 18.5 Å². The highest BCUT2D eigenvalue weighted by molar-refractivity contribution is 7.90. The number of rotatable bonds is 4. The van der Waals surface area contributed by atoms with Gasteiger partial charge in [0.1, 0.15) is 4.90 Å². The number of benzene rings is 2. The van der Waals surface area contributed by atoms with Crippen LogP contribution in [0.1, 0.15) is 10.4 Å². The first-order chi connectivity index (χ1) is 14.3. The van der Waals surface area contributed by atoms with E-state index in [1.165, 1.54) is 24.3 Å². The highest BCUT2D eigenvalue weighted by Gasteiger charge is 2.16. The number of aromatic nitrogens is 1. The summed E-state index contributed by atoms with van der Waals surface area (Å²) < 4.78 is 54.1. The number of nitrogens with two attached hydrogens (primary N) is 1. The molecule has 0 bridgehead atoms. The van der Waals surface area contributed by atoms with Gasteiger partial charge in [-0.1, -0.05) is 41.4 Å². The lowest BCUT2D eigenvalue weighted by atomic mass is 10.1. The lowest BCUT2D eigenvalue weighted by molar-refractivity contribution is 0.100. The third-order valence-corrected chi connectivity index (χ3v) is 6.33. The maximum absolute atomic E-state index is 11.7. The van der Waals surface area contributed by atoms with E-state index in [1.807, 2.05) is 0 Å². The molecule has 1 heterocycles. The predicted octanol–water partition coefficient (Wildman–Crippen LogP) is 3.49. The van der Waals surface area contributed by atoms with Crippen LogP contribution in [-0.2, 0) is 20.0 Å². The summed E-state index contributed by atoms with van der Waals surface area (Å²) in [6.07, 6.45) is 2.06. The summed E-state index contributed by atoms with van der Waals surface area (Å²) in [5.74, 6) is -0.549. The smallest absolute Gasteiger partial charge is 0.296 e. The second-order valence-corrected chi connectivity index (χ2v) is 10.4. The van der Waals surface area contributed by atoms with E-state index in [9.17, 15) is 21.6 Å². The second-order valence-electron chi connectivity index (χ2n) is 6.11. The van der Waals surface area contributed by atoms with Crippen molar-refractivity contribution in [3.05, 3.63) is 76.4 Å². The van der Waals surface area contributed by atoms with Crippen molar-refractivity contribution in [1.82, 2.24) is 4.98 Å². The van der Waals surface area contributed by atoms with Gasteiger partial charge in [0.25, 0.3) is 10.1 Å². The van der Waals surface area contributed by atoms with Crippen LogP contribution < -0.4 is 5.73 Å². The molecular formula is C19H16Cl2N2O6S2. The van der Waals surface area contributed by atoms with Gasteiger partial charge in [-0.15, -0.1) is 0 Å². The minimum atomic E-state index is -4.32. The van der Waals surface area contributed by atoms with Gasteiger partial charge in [0, 0.05) is 23.0 Å². The van der Waals surface area contributed by atoms with Gasteiger partial charge >= 0.3 is 0 Å². The van der Waals surface area contributed by atoms with Crippen LogP contribution in [0.15, 0.2) is 70.6 Å². The third kappa shape index (κ3) is 6.74. The third-order valence-electron chi connectivity index (χ3n) is 3.79. The first-order valence-corrected chi connectivity index (χ1v) is 12.4. The Labute approximate surface area is 189 Å². The fourth-order valence-electron chi connectivity index (χ4n) is 2.38. The van der Waals surface area contributed by atoms with Crippen LogP contribution in [0.3, 0.4) is 0 Å². The average Bonchev–Trinajstić information content (AvgIpc) is 2.67. The Morgan fingerprint density at radius 2 is 1.65 bits per heavy atom. The number of amides is 1. The normalized spacial score (nSPS) is 11.4. The summed E-state index contributed by atoms with van der Waals surface area (Å²) in [4.78, 5) is 14.3. The Morgan fingerprint density at radius 3 is 2.13 bits per heavy atom. The lowest BCUT2D eigenvalue weighted by Gasteiger charge is -2.07. The van der Waals surface area contributed by atoms with Gasteiger partial charge in [-0.25, -0.2) is 8.42 Å². The van der Waals surface area contributed by atoms with Crippen LogP contribution in [0.4, 0.5) is 0 Å². The van der Waals surface area contributed by atoms with Crippen molar-refractivity contribution in [2.75, 3.05) is 6.26 Å². The molecule has 0 aliphatic heterocycles. The molecule has 0 fully saturated rings. The van der Waals surface area contributed by atoms with E-state index in [1.54, 1.807) is 24.3 Å². The summed E-state index contributed by atoms with van der Waals surface area (Å²) in [5, 5.41) is 0.769. The molecule has 3 rings (SSSR count). The van der Waals surface area contributed by atoms with Gasteiger partial charge < -0.3 is 5.73 Å². The lowest BCUT2D eigenvalue weighted by Crippen LogP contribution is -2.11. The van der Waals surface area contributed by atoms with Crippen molar-refractivity contribution in [3.8, 4) is 11.3 Å². The molecule has 3 aromatic rings. The molecule has 1 aromatic heterocycles. The molecule has 0 aliphatic rings. The summed E-state index contributed by atoms with van der Waals surface area (Å²) >= 11 is 11.2. The fourth-order valence-corrected chi connectivity index (χ4v) is 4.21. The second kappa shape index (κ2) is 9.75. The molecular weight excluding hydrogens is 487 g/mol. The molecule has 0 aliphatic carbocycles. The van der Waals surface area contributed by atoms with Crippen molar-refractivity contribution < 1.29 is 26.2 Å². The molecule has 3 N–H and O–H groups in total. The minimum Gasteiger partial charge on any atom is -0.366 e. The summed E-state index contributed by atoms with van der Waals surface area (Å²) in [5.41, 5.74) is 5.96. The summed E-state index contributed by atoms with van der Waals surface area (Å²) in [6, 6.07) is 13.3. The summed E-state index contributed by atoms with van der Waals surface area (Å²) in [7, 11) is -7.75. The number of carbonyl (C=O) groups is 1. The standard InChI is InChI=1S/C12H11NO5S2.C7H5Cl2NO/c1-19(14,15)12-5-3-2-4-10(12)11-7-6-9(8-13-11)20(16,17)18;8-4-1-2-5(7(10)11)6(9)3-4/h2-8H,1H3,(H,16,17,18);1-3H,(H2,10,11). The zero-order valence-electron chi connectivity index (χ0n) is 15.9. The van der Waals surface area contributed by atoms with Crippen molar-refractivity contribution in [1.29, 1.82) is 0 Å². The summed E-state index contributed by atoms with van der Waals surface area (Å²) in [6.45, 7) is 0. The first kappa shape index (κ1) is 24.8. The molecule has 0 saturated heterocycles. The number of hydrogen-bond donors (Lipinski definition) is 2. The Morgan fingerprint density at radius 1 is 1.00 bits per heavy atom. The molecule has 2 aromatic carbocycles. The van der Waals surface area contributed by atoms with Crippen LogP contribution in [0.25, 0.3) is 11.3 Å². The maximum atomic E-state index is 11.7. The number of nitrogens with zero attached hydrogens (tertiary/aromatic N) is 1. The molecule has 0 atom stereocenters. The zero-order chi connectivity index (χ0) is 23.4. The van der Waals surface area contributed by atoms with Crippen LogP contribution >= 0.6 is 23.2 Å². The Balaban J connectivity index is 0.000000262. The largest absolute Gasteiger partial charge is 0.366 e. The molecule has 164 valence electrons. The fraction of sp³-hybridized carbons (Fsp3) is 0.0526. The van der Waals surface area contributed by atoms with Gasteiger partial charge in [0.05, 0.1) is 21.2 Å². The van der Waals surface area contributed by atoms with Gasteiger partial charge in [-0.05, 0) is 36.4 Å². The molecule has 0 radical (unpaired) electrons. The van der Waals surface area contributed by atoms with Gasteiger partial charge in [0.2, 0.25) is 5.91 Å². The Bertz CT molecular complexity index is 1330. The first-order valence-electron chi connectivity index (χ1n) is 8.28. The molecule has 0 unspecified atom stereocenters. The minimum absolute atomic E-state index is 0.104. The predicted molar refractivity (Wildman–Crippen MR) is 118 cm³/mol. The zero-order valence-corrected chi connectivity index (χ0v) is 19.0. The van der Waals surface area contributed by atoms with Crippen molar-refractivity contribution >= 4 is 49.1 Å². The SMILES string of the molecule is CS(=O)(=O)c1ccccc1-c1ccc(S(=O)(=O)O)cn1.NC(=O)c1ccc(Cl)cc1Cl. The molecule has 8 nitrogen and oxygen atoms in total.